The molecule has 2 heterocycles. The average Bonchev–Trinajstić information content (AvgIpc) is 3.15. The molecule has 0 saturated heterocycles. The van der Waals surface area contributed by atoms with Crippen LogP contribution in [0, 0.1) is 5.82 Å². The maximum Gasteiger partial charge on any atom is 0.261 e. The second-order valence-electron chi connectivity index (χ2n) is 6.62. The van der Waals surface area contributed by atoms with Crippen molar-refractivity contribution in [3.05, 3.63) is 64.5 Å². The number of aromatic nitrogens is 2. The van der Waals surface area contributed by atoms with Gasteiger partial charge in [0.05, 0.1) is 17.4 Å². The number of nitrogens with one attached hydrogen (secondary N) is 2. The van der Waals surface area contributed by atoms with Crippen LogP contribution in [0.1, 0.15) is 12.2 Å². The van der Waals surface area contributed by atoms with Gasteiger partial charge in [0.1, 0.15) is 16.5 Å². The lowest BCUT2D eigenvalue weighted by atomic mass is 10.2. The molecule has 8 nitrogen and oxygen atoms in total. The first-order valence-corrected chi connectivity index (χ1v) is 10.4. The Morgan fingerprint density at radius 3 is 2.79 bits per heavy atom. The molecule has 0 fully saturated rings. The quantitative estimate of drug-likeness (QED) is 0.653. The van der Waals surface area contributed by atoms with Gasteiger partial charge in [-0.05, 0) is 36.8 Å². The van der Waals surface area contributed by atoms with Crippen molar-refractivity contribution in [1.29, 1.82) is 0 Å². The monoisotopic (exact) mass is 416 g/mol. The number of carbonyl (C=O) groups is 1. The Morgan fingerprint density at radius 2 is 2.00 bits per heavy atom. The molecule has 3 aromatic rings. The van der Waals surface area contributed by atoms with E-state index < -0.39 is 33.2 Å². The minimum Gasteiger partial charge on any atom is -0.325 e. The Hall–Kier alpha value is -3.11. The summed E-state index contributed by atoms with van der Waals surface area (Å²) >= 11 is 0. The number of anilines is 1. The van der Waals surface area contributed by atoms with E-state index in [-0.39, 0.29) is 5.56 Å². The maximum atomic E-state index is 13.7. The molecular formula is C19H17FN4O4S. The fourth-order valence-electron chi connectivity index (χ4n) is 3.27. The molecule has 0 unspecified atom stereocenters. The van der Waals surface area contributed by atoms with Gasteiger partial charge in [0.25, 0.3) is 5.56 Å². The summed E-state index contributed by atoms with van der Waals surface area (Å²) in [4.78, 5) is 28.6. The van der Waals surface area contributed by atoms with Crippen LogP contribution in [0.4, 0.5) is 10.1 Å². The summed E-state index contributed by atoms with van der Waals surface area (Å²) in [6, 6.07) is 9.60. The zero-order valence-electron chi connectivity index (χ0n) is 15.2. The molecule has 0 saturated carbocycles. The molecule has 29 heavy (non-hydrogen) atoms. The van der Waals surface area contributed by atoms with E-state index in [0.717, 1.165) is 25.0 Å². The zero-order chi connectivity index (χ0) is 20.6. The molecule has 1 aliphatic heterocycles. The molecule has 1 aliphatic rings. The van der Waals surface area contributed by atoms with E-state index in [4.69, 9.17) is 0 Å². The average molecular weight is 416 g/mol. The van der Waals surface area contributed by atoms with Crippen LogP contribution in [0.2, 0.25) is 0 Å². The van der Waals surface area contributed by atoms with Crippen LogP contribution in [0.25, 0.3) is 10.9 Å². The highest BCUT2D eigenvalue weighted by Crippen LogP contribution is 2.18. The smallest absolute Gasteiger partial charge is 0.261 e. The fraction of sp³-hybridized carbons (Fsp3) is 0.211. The molecule has 0 aliphatic carbocycles. The third kappa shape index (κ3) is 3.76. The van der Waals surface area contributed by atoms with Crippen molar-refractivity contribution in [2.45, 2.75) is 24.3 Å². The van der Waals surface area contributed by atoms with E-state index in [2.05, 4.69) is 15.0 Å². The van der Waals surface area contributed by atoms with E-state index >= 15 is 0 Å². The van der Waals surface area contributed by atoms with Crippen LogP contribution < -0.4 is 15.6 Å². The topological polar surface area (TPSA) is 110 Å². The summed E-state index contributed by atoms with van der Waals surface area (Å²) in [5, 5.41) is 3.00. The Balaban J connectivity index is 1.49. The van der Waals surface area contributed by atoms with Gasteiger partial charge in [-0.15, -0.1) is 0 Å². The van der Waals surface area contributed by atoms with Gasteiger partial charge in [0, 0.05) is 18.7 Å². The lowest BCUT2D eigenvalue weighted by Gasteiger charge is -2.10. The summed E-state index contributed by atoms with van der Waals surface area (Å²) < 4.78 is 41.7. The van der Waals surface area contributed by atoms with E-state index in [9.17, 15) is 22.4 Å². The minimum absolute atomic E-state index is 0.113. The number of nitrogens with zero attached hydrogens (tertiary/aromatic N) is 2. The van der Waals surface area contributed by atoms with E-state index in [0.29, 0.717) is 29.0 Å². The molecule has 150 valence electrons. The lowest BCUT2D eigenvalue weighted by molar-refractivity contribution is -0.115. The summed E-state index contributed by atoms with van der Waals surface area (Å²) in [7, 11) is -4.17. The normalized spacial score (nSPS) is 13.4. The van der Waals surface area contributed by atoms with Crippen molar-refractivity contribution in [1.82, 2.24) is 14.3 Å². The maximum absolute atomic E-state index is 13.7. The van der Waals surface area contributed by atoms with Crippen molar-refractivity contribution in [3.63, 3.8) is 0 Å². The molecule has 0 bridgehead atoms. The number of aryl methyl sites for hydroxylation is 1. The lowest BCUT2D eigenvalue weighted by Crippen LogP contribution is -2.33. The molecule has 10 heteroatoms. The van der Waals surface area contributed by atoms with Crippen LogP contribution in [0.5, 0.6) is 0 Å². The first-order chi connectivity index (χ1) is 13.8. The standard InChI is InChI=1S/C19H17FN4O4S/c20-14-4-1-2-5-16(14)29(27,28)21-11-18(25)22-12-7-8-13-15(10-12)23-17-6-3-9-24(17)19(13)26/h1-2,4-5,7-8,10,21H,3,6,9,11H2,(H,22,25). The number of rotatable bonds is 5. The first kappa shape index (κ1) is 19.2. The Bertz CT molecular complexity index is 1290. The molecule has 0 radical (unpaired) electrons. The Kier molecular flexibility index (Phi) is 4.89. The Labute approximate surface area is 165 Å². The van der Waals surface area contributed by atoms with Gasteiger partial charge in [-0.1, -0.05) is 12.1 Å². The molecule has 0 spiro atoms. The second kappa shape index (κ2) is 7.37. The number of sulfonamides is 1. The molecule has 1 amide bonds. The van der Waals surface area contributed by atoms with Gasteiger partial charge < -0.3 is 5.32 Å². The van der Waals surface area contributed by atoms with E-state index in [1.54, 1.807) is 22.8 Å². The van der Waals surface area contributed by atoms with Crippen molar-refractivity contribution in [2.75, 3.05) is 11.9 Å². The van der Waals surface area contributed by atoms with Crippen LogP contribution in [0.15, 0.2) is 52.2 Å². The summed E-state index contributed by atoms with van der Waals surface area (Å²) in [5.74, 6) is -0.828. The number of hydrogen-bond acceptors (Lipinski definition) is 5. The van der Waals surface area contributed by atoms with Crippen LogP contribution >= 0.6 is 0 Å². The summed E-state index contributed by atoms with van der Waals surface area (Å²) in [6.45, 7) is 0.0761. The number of halogens is 1. The van der Waals surface area contributed by atoms with Crippen LogP contribution in [0.3, 0.4) is 0 Å². The van der Waals surface area contributed by atoms with Gasteiger partial charge >= 0.3 is 0 Å². The third-order valence-electron chi connectivity index (χ3n) is 4.65. The van der Waals surface area contributed by atoms with Crippen molar-refractivity contribution in [2.24, 2.45) is 0 Å². The molecule has 4 rings (SSSR count). The predicted molar refractivity (Wildman–Crippen MR) is 105 cm³/mol. The van der Waals surface area contributed by atoms with Crippen molar-refractivity contribution >= 4 is 32.5 Å². The van der Waals surface area contributed by atoms with Gasteiger partial charge in [-0.3, -0.25) is 14.2 Å². The number of fused-ring (bicyclic) bond motifs is 2. The number of benzene rings is 2. The van der Waals surface area contributed by atoms with Crippen LogP contribution in [-0.4, -0.2) is 30.4 Å². The van der Waals surface area contributed by atoms with E-state index in [1.807, 2.05) is 0 Å². The fourth-order valence-corrected chi connectivity index (χ4v) is 4.33. The van der Waals surface area contributed by atoms with Crippen molar-refractivity contribution < 1.29 is 17.6 Å². The summed E-state index contributed by atoms with van der Waals surface area (Å²) in [6.07, 6.45) is 1.59. The zero-order valence-corrected chi connectivity index (χ0v) is 16.0. The highest BCUT2D eigenvalue weighted by molar-refractivity contribution is 7.89. The van der Waals surface area contributed by atoms with Gasteiger partial charge in [-0.2, -0.15) is 0 Å². The summed E-state index contributed by atoms with van der Waals surface area (Å²) in [5.41, 5.74) is 0.730. The van der Waals surface area contributed by atoms with Crippen LogP contribution in [-0.2, 0) is 27.8 Å². The highest BCUT2D eigenvalue weighted by Gasteiger charge is 2.20. The Morgan fingerprint density at radius 1 is 1.21 bits per heavy atom. The van der Waals surface area contributed by atoms with E-state index in [1.165, 1.54) is 12.1 Å². The van der Waals surface area contributed by atoms with Gasteiger partial charge in [0.15, 0.2) is 0 Å². The van der Waals surface area contributed by atoms with Gasteiger partial charge in [-0.25, -0.2) is 22.5 Å². The molecule has 2 N–H and O–H groups in total. The highest BCUT2D eigenvalue weighted by atomic mass is 32.2. The van der Waals surface area contributed by atoms with Crippen molar-refractivity contribution in [3.8, 4) is 0 Å². The molecule has 2 aromatic carbocycles. The largest absolute Gasteiger partial charge is 0.325 e. The minimum atomic E-state index is -4.17. The first-order valence-electron chi connectivity index (χ1n) is 8.93. The predicted octanol–water partition coefficient (Wildman–Crippen LogP) is 1.40. The molecular weight excluding hydrogens is 399 g/mol. The number of amides is 1. The molecule has 1 aromatic heterocycles. The van der Waals surface area contributed by atoms with Gasteiger partial charge in [0.2, 0.25) is 15.9 Å². The number of hydrogen-bond donors (Lipinski definition) is 2. The second-order valence-corrected chi connectivity index (χ2v) is 8.36. The SMILES string of the molecule is O=C(CNS(=O)(=O)c1ccccc1F)Nc1ccc2c(=O)n3c(nc2c1)CCC3. The number of carbonyl (C=O) groups excluding carboxylic acids is 1. The molecule has 0 atom stereocenters. The third-order valence-corrected chi connectivity index (χ3v) is 6.08.